The Balaban J connectivity index is 0.000000260. The molecule has 188 valence electrons. The highest BCUT2D eigenvalue weighted by molar-refractivity contribution is 6.76. The summed E-state index contributed by atoms with van der Waals surface area (Å²) in [5.74, 6) is -1.02. The van der Waals surface area contributed by atoms with Gasteiger partial charge in [0.1, 0.15) is 0 Å². The number of hydrogen-bond acceptors (Lipinski definition) is 6. The number of nitrogens with zero attached hydrogens (tertiary/aromatic N) is 1. The molecule has 2 aliphatic carbocycles. The van der Waals surface area contributed by atoms with E-state index in [0.29, 0.717) is 24.5 Å². The first-order valence-electron chi connectivity index (χ1n) is 12.3. The van der Waals surface area contributed by atoms with Crippen LogP contribution < -0.4 is 0 Å². The Morgan fingerprint density at radius 3 is 1.70 bits per heavy atom. The SMILES string of the molecule is CCC(C)(C)C(=O)OC[Si](C)(C)C.CCC(C)(C)C(=O)ON1C(=O)C2C3CCC(C3)C2C1=O. The first-order valence-corrected chi connectivity index (χ1v) is 16.0. The van der Waals surface area contributed by atoms with Crippen LogP contribution in [0.15, 0.2) is 0 Å². The van der Waals surface area contributed by atoms with Crippen LogP contribution in [0.2, 0.25) is 19.6 Å². The maximum Gasteiger partial charge on any atom is 0.338 e. The fraction of sp³-hybridized carbons (Fsp3) is 0.840. The van der Waals surface area contributed by atoms with Crippen LogP contribution in [-0.2, 0) is 28.8 Å². The van der Waals surface area contributed by atoms with E-state index in [4.69, 9.17) is 9.57 Å². The number of esters is 1. The Kier molecular flexibility index (Phi) is 8.25. The molecular weight excluding hydrogens is 438 g/mol. The standard InChI is InChI=1S/C15H21NO4.C10H22O2Si/c1-4-15(2,3)14(19)20-16-12(17)10-8-5-6-9(7-8)11(10)13(16)18;1-7-10(2,3)9(11)12-8-13(4,5)6/h8-11H,4-7H2,1-3H3;7-8H2,1-6H3. The van der Waals surface area contributed by atoms with Gasteiger partial charge in [0.05, 0.1) is 37.0 Å². The number of amides is 2. The summed E-state index contributed by atoms with van der Waals surface area (Å²) in [7, 11) is -1.25. The van der Waals surface area contributed by atoms with Crippen molar-refractivity contribution in [3.8, 4) is 0 Å². The van der Waals surface area contributed by atoms with Gasteiger partial charge in [-0.25, -0.2) is 4.79 Å². The molecule has 2 saturated carbocycles. The highest BCUT2D eigenvalue weighted by Gasteiger charge is 2.62. The summed E-state index contributed by atoms with van der Waals surface area (Å²) in [5, 5.41) is 0.763. The molecule has 4 atom stereocenters. The van der Waals surface area contributed by atoms with E-state index in [9.17, 15) is 19.2 Å². The molecule has 0 radical (unpaired) electrons. The van der Waals surface area contributed by atoms with Gasteiger partial charge in [-0.1, -0.05) is 33.5 Å². The lowest BCUT2D eigenvalue weighted by molar-refractivity contribution is -0.206. The van der Waals surface area contributed by atoms with Crippen LogP contribution in [0, 0.1) is 34.5 Å². The van der Waals surface area contributed by atoms with E-state index < -0.39 is 19.5 Å². The zero-order valence-corrected chi connectivity index (χ0v) is 22.9. The van der Waals surface area contributed by atoms with Crippen molar-refractivity contribution < 1.29 is 28.8 Å². The summed E-state index contributed by atoms with van der Waals surface area (Å²) >= 11 is 0. The maximum absolute atomic E-state index is 12.4. The number of fused-ring (bicyclic) bond motifs is 5. The van der Waals surface area contributed by atoms with Crippen LogP contribution in [0.4, 0.5) is 0 Å². The predicted molar refractivity (Wildman–Crippen MR) is 128 cm³/mol. The molecule has 1 aliphatic heterocycles. The topological polar surface area (TPSA) is 90.0 Å². The quantitative estimate of drug-likeness (QED) is 0.296. The van der Waals surface area contributed by atoms with Gasteiger partial charge in [-0.05, 0) is 71.6 Å². The van der Waals surface area contributed by atoms with E-state index in [-0.39, 0.29) is 35.0 Å². The molecule has 4 unspecified atom stereocenters. The highest BCUT2D eigenvalue weighted by Crippen LogP contribution is 2.56. The third kappa shape index (κ3) is 6.05. The fourth-order valence-electron chi connectivity index (χ4n) is 4.44. The Hall–Kier alpha value is -1.70. The second-order valence-electron chi connectivity index (χ2n) is 12.3. The molecule has 1 saturated heterocycles. The van der Waals surface area contributed by atoms with Crippen molar-refractivity contribution in [2.24, 2.45) is 34.5 Å². The molecule has 0 aromatic heterocycles. The number of carbonyl (C=O) groups excluding carboxylic acids is 4. The predicted octanol–water partition coefficient (Wildman–Crippen LogP) is 4.76. The molecule has 0 aromatic rings. The van der Waals surface area contributed by atoms with Crippen LogP contribution in [0.25, 0.3) is 0 Å². The number of carbonyl (C=O) groups is 4. The third-order valence-corrected chi connectivity index (χ3v) is 8.58. The third-order valence-electron chi connectivity index (χ3n) is 7.57. The van der Waals surface area contributed by atoms with Crippen LogP contribution in [0.3, 0.4) is 0 Å². The van der Waals surface area contributed by atoms with Gasteiger partial charge in [0, 0.05) is 0 Å². The van der Waals surface area contributed by atoms with Crippen molar-refractivity contribution in [2.75, 3.05) is 6.23 Å². The van der Waals surface area contributed by atoms with Crippen molar-refractivity contribution in [1.82, 2.24) is 5.06 Å². The zero-order valence-electron chi connectivity index (χ0n) is 21.9. The summed E-state index contributed by atoms with van der Waals surface area (Å²) in [5.41, 5.74) is -1.00. The largest absolute Gasteiger partial charge is 0.469 e. The number of imide groups is 1. The lowest BCUT2D eigenvalue weighted by Crippen LogP contribution is -2.39. The monoisotopic (exact) mass is 481 g/mol. The summed E-state index contributed by atoms with van der Waals surface area (Å²) in [6, 6.07) is 0. The molecule has 0 aromatic carbocycles. The van der Waals surface area contributed by atoms with Gasteiger partial charge < -0.3 is 9.57 Å². The van der Waals surface area contributed by atoms with Crippen molar-refractivity contribution in [2.45, 2.75) is 93.3 Å². The van der Waals surface area contributed by atoms with Gasteiger partial charge in [0.2, 0.25) is 0 Å². The van der Waals surface area contributed by atoms with E-state index in [1.54, 1.807) is 13.8 Å². The van der Waals surface area contributed by atoms with Gasteiger partial charge in [0.15, 0.2) is 0 Å². The molecule has 3 fully saturated rings. The van der Waals surface area contributed by atoms with E-state index in [0.717, 1.165) is 30.7 Å². The number of hydroxylamine groups is 2. The highest BCUT2D eigenvalue weighted by atomic mass is 28.3. The number of hydrogen-bond donors (Lipinski definition) is 0. The van der Waals surface area contributed by atoms with Gasteiger partial charge in [0.25, 0.3) is 11.8 Å². The second-order valence-corrected chi connectivity index (χ2v) is 17.8. The Morgan fingerprint density at radius 1 is 0.879 bits per heavy atom. The minimum absolute atomic E-state index is 0.0579. The summed E-state index contributed by atoms with van der Waals surface area (Å²) in [6.07, 6.45) is 5.09. The van der Waals surface area contributed by atoms with Gasteiger partial charge in [-0.15, -0.1) is 5.06 Å². The Bertz CT molecular complexity index is 756. The first-order chi connectivity index (χ1) is 15.1. The molecule has 8 heteroatoms. The molecule has 33 heavy (non-hydrogen) atoms. The molecular formula is C25H43NO6Si. The van der Waals surface area contributed by atoms with Crippen molar-refractivity contribution in [1.29, 1.82) is 0 Å². The van der Waals surface area contributed by atoms with E-state index in [2.05, 4.69) is 19.6 Å². The lowest BCUT2D eigenvalue weighted by atomic mass is 9.81. The van der Waals surface area contributed by atoms with Crippen LogP contribution in [0.5, 0.6) is 0 Å². The van der Waals surface area contributed by atoms with Crippen molar-refractivity contribution in [3.63, 3.8) is 0 Å². The van der Waals surface area contributed by atoms with Crippen LogP contribution >= 0.6 is 0 Å². The van der Waals surface area contributed by atoms with Gasteiger partial charge in [-0.3, -0.25) is 14.4 Å². The van der Waals surface area contributed by atoms with Crippen LogP contribution in [-0.4, -0.2) is 43.1 Å². The Labute approximate surface area is 199 Å². The smallest absolute Gasteiger partial charge is 0.338 e. The second kappa shape index (κ2) is 9.88. The average Bonchev–Trinajstić information content (AvgIpc) is 3.41. The van der Waals surface area contributed by atoms with Gasteiger partial charge in [-0.2, -0.15) is 0 Å². The Morgan fingerprint density at radius 2 is 1.30 bits per heavy atom. The number of ether oxygens (including phenoxy) is 1. The molecule has 3 aliphatic rings. The minimum atomic E-state index is -1.25. The molecule has 7 nitrogen and oxygen atoms in total. The normalized spacial score (nSPS) is 26.6. The first kappa shape index (κ1) is 27.5. The van der Waals surface area contributed by atoms with Crippen molar-refractivity contribution in [3.05, 3.63) is 0 Å². The van der Waals surface area contributed by atoms with Gasteiger partial charge >= 0.3 is 11.9 Å². The van der Waals surface area contributed by atoms with E-state index >= 15 is 0 Å². The summed E-state index contributed by atoms with van der Waals surface area (Å²) < 4.78 is 5.28. The zero-order chi connectivity index (χ0) is 25.4. The maximum atomic E-state index is 12.4. The van der Waals surface area contributed by atoms with E-state index in [1.165, 1.54) is 0 Å². The van der Waals surface area contributed by atoms with Crippen LogP contribution in [0.1, 0.15) is 73.6 Å². The lowest BCUT2D eigenvalue weighted by Gasteiger charge is -2.23. The number of rotatable bonds is 7. The molecule has 0 N–H and O–H groups in total. The fourth-order valence-corrected chi connectivity index (χ4v) is 5.01. The minimum Gasteiger partial charge on any atom is -0.469 e. The molecule has 0 spiro atoms. The average molecular weight is 482 g/mol. The van der Waals surface area contributed by atoms with E-state index in [1.807, 2.05) is 27.7 Å². The molecule has 2 amide bonds. The summed E-state index contributed by atoms with van der Waals surface area (Å²) in [6.45, 7) is 17.8. The summed E-state index contributed by atoms with van der Waals surface area (Å²) in [4.78, 5) is 53.5. The van der Waals surface area contributed by atoms with Crippen molar-refractivity contribution >= 4 is 31.8 Å². The molecule has 2 bridgehead atoms. The molecule has 1 heterocycles. The molecule has 3 rings (SSSR count).